The van der Waals surface area contributed by atoms with E-state index in [1.165, 1.54) is 0 Å². The van der Waals surface area contributed by atoms with Crippen molar-refractivity contribution in [2.75, 3.05) is 0 Å². The molecule has 152 valence electrons. The lowest BCUT2D eigenvalue weighted by molar-refractivity contribution is -0.117. The molecular formula is C20H16F4N2O3. The van der Waals surface area contributed by atoms with Crippen molar-refractivity contribution in [3.63, 3.8) is 0 Å². The van der Waals surface area contributed by atoms with Crippen molar-refractivity contribution in [3.8, 4) is 17.6 Å². The number of carbonyl (C=O) groups excluding carboxylic acids is 1. The zero-order chi connectivity index (χ0) is 21.4. The van der Waals surface area contributed by atoms with E-state index >= 15 is 0 Å². The first-order chi connectivity index (χ1) is 13.8. The highest BCUT2D eigenvalue weighted by Gasteiger charge is 2.17. The molecule has 1 N–H and O–H groups in total. The summed E-state index contributed by atoms with van der Waals surface area (Å²) in [6, 6.07) is 13.3. The zero-order valence-electron chi connectivity index (χ0n) is 15.1. The van der Waals surface area contributed by atoms with Crippen LogP contribution in [0.2, 0.25) is 0 Å². The van der Waals surface area contributed by atoms with Crippen molar-refractivity contribution in [2.24, 2.45) is 0 Å². The van der Waals surface area contributed by atoms with Crippen molar-refractivity contribution < 1.29 is 31.8 Å². The van der Waals surface area contributed by atoms with Gasteiger partial charge in [0.1, 0.15) is 23.1 Å². The van der Waals surface area contributed by atoms with Gasteiger partial charge in [-0.3, -0.25) is 4.79 Å². The molecular weight excluding hydrogens is 392 g/mol. The molecule has 0 saturated heterocycles. The molecule has 0 aliphatic rings. The summed E-state index contributed by atoms with van der Waals surface area (Å²) in [7, 11) is 0. The maximum Gasteiger partial charge on any atom is 0.387 e. The molecule has 1 amide bonds. The monoisotopic (exact) mass is 408 g/mol. The highest BCUT2D eigenvalue weighted by Crippen LogP contribution is 2.29. The van der Waals surface area contributed by atoms with Crippen molar-refractivity contribution in [2.45, 2.75) is 26.2 Å². The van der Waals surface area contributed by atoms with Crippen LogP contribution in [0.1, 0.15) is 24.1 Å². The predicted octanol–water partition coefficient (Wildman–Crippen LogP) is 4.67. The van der Waals surface area contributed by atoms with Crippen LogP contribution in [0.25, 0.3) is 6.08 Å². The van der Waals surface area contributed by atoms with E-state index in [9.17, 15) is 27.6 Å². The first-order valence-corrected chi connectivity index (χ1v) is 8.31. The summed E-state index contributed by atoms with van der Waals surface area (Å²) in [5, 5.41) is 11.9. The van der Waals surface area contributed by atoms with E-state index in [1.54, 1.807) is 37.3 Å². The Bertz CT molecular complexity index is 912. The van der Waals surface area contributed by atoms with E-state index in [4.69, 9.17) is 0 Å². The van der Waals surface area contributed by atoms with E-state index in [-0.39, 0.29) is 11.1 Å². The molecule has 1 atom stereocenters. The Morgan fingerprint density at radius 2 is 1.72 bits per heavy atom. The van der Waals surface area contributed by atoms with Crippen LogP contribution in [0.4, 0.5) is 17.6 Å². The molecule has 0 spiro atoms. The van der Waals surface area contributed by atoms with Crippen LogP contribution in [0.5, 0.6) is 11.5 Å². The van der Waals surface area contributed by atoms with E-state index in [1.807, 2.05) is 6.07 Å². The number of rotatable bonds is 8. The standard InChI is InChI=1S/C20H16F4N2O3/c1-12(13-5-3-2-4-6-13)26-18(27)15(11-25)9-14-7-8-16(28-19(21)22)10-17(14)29-20(23)24/h2-10,12,19-20H,1H3,(H,26,27)/b15-9+/t12-/m0/s1. The van der Waals surface area contributed by atoms with E-state index in [0.29, 0.717) is 0 Å². The van der Waals surface area contributed by atoms with Gasteiger partial charge in [0.15, 0.2) is 0 Å². The summed E-state index contributed by atoms with van der Waals surface area (Å²) >= 11 is 0. The van der Waals surface area contributed by atoms with Crippen LogP contribution in [0.3, 0.4) is 0 Å². The van der Waals surface area contributed by atoms with E-state index in [2.05, 4.69) is 14.8 Å². The SMILES string of the molecule is C[C@H](NC(=O)/C(C#N)=C/c1ccc(OC(F)F)cc1OC(F)F)c1ccccc1. The summed E-state index contributed by atoms with van der Waals surface area (Å²) in [6.07, 6.45) is 1.02. The lowest BCUT2D eigenvalue weighted by Crippen LogP contribution is -2.27. The van der Waals surface area contributed by atoms with Gasteiger partial charge in [0.25, 0.3) is 5.91 Å². The highest BCUT2D eigenvalue weighted by molar-refractivity contribution is 6.02. The van der Waals surface area contributed by atoms with Gasteiger partial charge in [-0.2, -0.15) is 22.8 Å². The van der Waals surface area contributed by atoms with Crippen LogP contribution in [-0.2, 0) is 4.79 Å². The molecule has 0 bridgehead atoms. The summed E-state index contributed by atoms with van der Waals surface area (Å²) in [6.45, 7) is -4.69. The quantitative estimate of drug-likeness (QED) is 0.391. The Labute approximate surface area is 164 Å². The van der Waals surface area contributed by atoms with Crippen molar-refractivity contribution in [3.05, 3.63) is 65.2 Å². The normalized spacial score (nSPS) is 12.4. The third-order valence-electron chi connectivity index (χ3n) is 3.74. The molecule has 0 fully saturated rings. The van der Waals surface area contributed by atoms with Gasteiger partial charge < -0.3 is 14.8 Å². The molecule has 2 aromatic carbocycles. The largest absolute Gasteiger partial charge is 0.435 e. The molecule has 0 aliphatic carbocycles. The molecule has 2 aromatic rings. The molecule has 2 rings (SSSR count). The van der Waals surface area contributed by atoms with Gasteiger partial charge in [-0.05, 0) is 30.7 Å². The summed E-state index contributed by atoms with van der Waals surface area (Å²) in [5.41, 5.74) is 0.341. The van der Waals surface area contributed by atoms with Gasteiger partial charge in [-0.25, -0.2) is 0 Å². The average Bonchev–Trinajstić information content (AvgIpc) is 2.67. The molecule has 29 heavy (non-hydrogen) atoms. The second kappa shape index (κ2) is 10.1. The van der Waals surface area contributed by atoms with Crippen molar-refractivity contribution in [1.82, 2.24) is 5.32 Å². The van der Waals surface area contributed by atoms with E-state index < -0.39 is 36.7 Å². The minimum Gasteiger partial charge on any atom is -0.435 e. The molecule has 0 aliphatic heterocycles. The number of nitriles is 1. The Kier molecular flexibility index (Phi) is 7.60. The summed E-state index contributed by atoms with van der Waals surface area (Å²) in [5.74, 6) is -1.66. The second-order valence-electron chi connectivity index (χ2n) is 5.73. The number of alkyl halides is 4. The second-order valence-corrected chi connectivity index (χ2v) is 5.73. The van der Waals surface area contributed by atoms with Crippen LogP contribution < -0.4 is 14.8 Å². The van der Waals surface area contributed by atoms with E-state index in [0.717, 1.165) is 29.8 Å². The number of benzene rings is 2. The lowest BCUT2D eigenvalue weighted by atomic mass is 10.1. The molecule has 0 aromatic heterocycles. The molecule has 0 unspecified atom stereocenters. The van der Waals surface area contributed by atoms with Gasteiger partial charge >= 0.3 is 13.2 Å². The summed E-state index contributed by atoms with van der Waals surface area (Å²) < 4.78 is 58.4. The first kappa shape index (κ1) is 21.8. The Morgan fingerprint density at radius 1 is 1.07 bits per heavy atom. The number of amides is 1. The van der Waals surface area contributed by atoms with Gasteiger partial charge in [-0.15, -0.1) is 0 Å². The van der Waals surface area contributed by atoms with Crippen molar-refractivity contribution >= 4 is 12.0 Å². The number of carbonyl (C=O) groups is 1. The fourth-order valence-corrected chi connectivity index (χ4v) is 2.41. The maximum absolute atomic E-state index is 12.7. The molecule has 0 radical (unpaired) electrons. The van der Waals surface area contributed by atoms with Gasteiger partial charge in [0, 0.05) is 11.6 Å². The van der Waals surface area contributed by atoms with Gasteiger partial charge in [-0.1, -0.05) is 30.3 Å². The topological polar surface area (TPSA) is 71.4 Å². The third-order valence-corrected chi connectivity index (χ3v) is 3.74. The Hall–Kier alpha value is -3.54. The number of nitrogens with one attached hydrogen (secondary N) is 1. The number of hydrogen-bond acceptors (Lipinski definition) is 4. The smallest absolute Gasteiger partial charge is 0.387 e. The summed E-state index contributed by atoms with van der Waals surface area (Å²) in [4.78, 5) is 12.4. The number of nitrogens with zero attached hydrogens (tertiary/aromatic N) is 1. The van der Waals surface area contributed by atoms with Crippen LogP contribution in [0.15, 0.2) is 54.1 Å². The lowest BCUT2D eigenvalue weighted by Gasteiger charge is -2.14. The number of ether oxygens (including phenoxy) is 2. The number of hydrogen-bond donors (Lipinski definition) is 1. The number of halogens is 4. The Morgan fingerprint density at radius 3 is 2.31 bits per heavy atom. The van der Waals surface area contributed by atoms with Gasteiger partial charge in [0.05, 0.1) is 6.04 Å². The molecule has 9 heteroatoms. The molecule has 5 nitrogen and oxygen atoms in total. The van der Waals surface area contributed by atoms with Gasteiger partial charge in [0.2, 0.25) is 0 Å². The zero-order valence-corrected chi connectivity index (χ0v) is 15.1. The highest BCUT2D eigenvalue weighted by atomic mass is 19.3. The molecule has 0 saturated carbocycles. The molecule has 0 heterocycles. The minimum absolute atomic E-state index is 0.0778. The fourth-order valence-electron chi connectivity index (χ4n) is 2.41. The van der Waals surface area contributed by atoms with Crippen LogP contribution >= 0.6 is 0 Å². The third kappa shape index (κ3) is 6.53. The van der Waals surface area contributed by atoms with Crippen molar-refractivity contribution in [1.29, 1.82) is 5.26 Å². The Balaban J connectivity index is 2.28. The fraction of sp³-hybridized carbons (Fsp3) is 0.200. The first-order valence-electron chi connectivity index (χ1n) is 8.31. The predicted molar refractivity (Wildman–Crippen MR) is 96.3 cm³/mol. The van der Waals surface area contributed by atoms with Crippen LogP contribution in [-0.4, -0.2) is 19.1 Å². The minimum atomic E-state index is -3.25. The van der Waals surface area contributed by atoms with Crippen LogP contribution in [0, 0.1) is 11.3 Å². The average molecular weight is 408 g/mol. The maximum atomic E-state index is 12.7.